The highest BCUT2D eigenvalue weighted by molar-refractivity contribution is 6.31. The third-order valence-corrected chi connectivity index (χ3v) is 18.3. The molecule has 0 aliphatic carbocycles. The molecule has 41 heteroatoms. The summed E-state index contributed by atoms with van der Waals surface area (Å²) >= 11 is 5.93. The fourth-order valence-corrected chi connectivity index (χ4v) is 12.7. The van der Waals surface area contributed by atoms with Crippen molar-refractivity contribution in [1.29, 1.82) is 0 Å². The number of aromatic nitrogens is 21. The molecule has 0 saturated heterocycles. The maximum absolute atomic E-state index is 13.0. The monoisotopic (exact) mass is 1790 g/mol. The minimum atomic E-state index is -4.48. The Hall–Kier alpha value is -16.7. The number of hydrogen-bond acceptors (Lipinski definition) is 20. The second kappa shape index (κ2) is 41.0. The standard InChI is InChI=1S/C19H18N4O.C18H16ClN5O.C18H14F3N5O.C17H15F3N6O.C17H13F3N6O/c1-13-8-14(2)10-16(9-13)19-21-12-23(22-19)11-17(18(20)24)15-6-4-3-5-7-15;1-11-3-12(2)5-13(4-11)18-22-10-24(23-18)9-16(17(20)25)14-6-15(19)8-21-7-14;1-11-6-13(8-14(7-11)18(19,20)21)17-24-10-26(25-17)9-15(16(22)27)12-2-4-23-5-3-12;1-10-3-11(5-13(4-10)17(18,19)20)16-22-9-26(24-16)8-14(15(21)27)12-6-23-25(2)7-12;1-10-2-11(4-13(3-10)17(18,19)20)16-24-9-26(25-16)7-14(15(21)27)12-5-22-8-23-6-12/h3-12H,1-2H3,(H2,20,24);3-10H,1-2H3,(H2,20,25);2-10H,1H3,(H2,22,27);3-9H,1-2H3,(H2,21,27);2-9H,1H3,(H2,21,27)/b17-11+;16-9+;15-9+;14-8+;14-7+. The second-order valence-electron chi connectivity index (χ2n) is 28.8. The Kier molecular flexibility index (Phi) is 29.6. The minimum absolute atomic E-state index is 0.0762. The van der Waals surface area contributed by atoms with Gasteiger partial charge in [0.2, 0.25) is 0 Å². The molecule has 0 atom stereocenters. The van der Waals surface area contributed by atoms with Gasteiger partial charge in [0.1, 0.15) is 38.0 Å². The van der Waals surface area contributed by atoms with Gasteiger partial charge in [-0.1, -0.05) is 76.3 Å². The molecular formula is C89H76ClF9N26O5. The number of alkyl halides is 9. The van der Waals surface area contributed by atoms with E-state index in [0.717, 1.165) is 75.3 Å². The molecule has 0 saturated carbocycles. The van der Waals surface area contributed by atoms with E-state index in [1.807, 2.05) is 82.3 Å². The number of pyridine rings is 2. The molecule has 15 aromatic rings. The summed E-state index contributed by atoms with van der Waals surface area (Å²) in [5.41, 5.74) is 36.8. The largest absolute Gasteiger partial charge is 0.416 e. The van der Waals surface area contributed by atoms with Gasteiger partial charge in [0.15, 0.2) is 29.1 Å². The van der Waals surface area contributed by atoms with Gasteiger partial charge < -0.3 is 28.7 Å². The zero-order valence-electron chi connectivity index (χ0n) is 69.8. The van der Waals surface area contributed by atoms with E-state index in [2.05, 4.69) is 87.6 Å². The fourth-order valence-electron chi connectivity index (χ4n) is 12.6. The van der Waals surface area contributed by atoms with E-state index in [4.69, 9.17) is 40.3 Å². The van der Waals surface area contributed by atoms with E-state index >= 15 is 0 Å². The summed E-state index contributed by atoms with van der Waals surface area (Å²) in [6.45, 7) is 12.8. The number of halogens is 10. The van der Waals surface area contributed by atoms with Crippen LogP contribution in [-0.4, -0.2) is 133 Å². The number of benzene rings is 6. The lowest BCUT2D eigenvalue weighted by Crippen LogP contribution is -2.14. The van der Waals surface area contributed by atoms with Crippen LogP contribution >= 0.6 is 11.6 Å². The van der Waals surface area contributed by atoms with Crippen LogP contribution in [0.3, 0.4) is 0 Å². The molecule has 5 amide bonds. The molecule has 0 spiro atoms. The normalized spacial score (nSPS) is 12.0. The Morgan fingerprint density at radius 1 is 0.323 bits per heavy atom. The first-order valence-corrected chi connectivity index (χ1v) is 38.6. The summed E-state index contributed by atoms with van der Waals surface area (Å²) in [6.07, 6.45) is 13.8. The van der Waals surface area contributed by atoms with Gasteiger partial charge in [-0.25, -0.2) is 58.3 Å². The van der Waals surface area contributed by atoms with Crippen LogP contribution in [-0.2, 0) is 49.5 Å². The van der Waals surface area contributed by atoms with Crippen molar-refractivity contribution in [1.82, 2.24) is 104 Å². The first-order valence-electron chi connectivity index (χ1n) is 38.3. The molecule has 6 aromatic carbocycles. The topological polar surface area (TPSA) is 438 Å². The molecule has 15 rings (SSSR count). The van der Waals surface area contributed by atoms with Crippen LogP contribution in [0.25, 0.3) is 116 Å². The van der Waals surface area contributed by atoms with Crippen molar-refractivity contribution in [2.75, 3.05) is 0 Å². The van der Waals surface area contributed by atoms with Crippen LogP contribution < -0.4 is 28.7 Å². The molecular weight excluding hydrogens is 1720 g/mol. The Labute approximate surface area is 738 Å². The first-order chi connectivity index (χ1) is 61.5. The van der Waals surface area contributed by atoms with E-state index < -0.39 is 64.8 Å². The van der Waals surface area contributed by atoms with E-state index in [-0.39, 0.29) is 56.5 Å². The maximum Gasteiger partial charge on any atom is 0.416 e. The molecule has 9 aromatic heterocycles. The molecule has 0 radical (unpaired) electrons. The van der Waals surface area contributed by atoms with Crippen molar-refractivity contribution >= 4 is 100 Å². The maximum atomic E-state index is 13.0. The van der Waals surface area contributed by atoms with Gasteiger partial charge in [0.05, 0.1) is 55.8 Å². The lowest BCUT2D eigenvalue weighted by atomic mass is 10.1. The average Bonchev–Trinajstić information content (AvgIpc) is 1.26. The van der Waals surface area contributed by atoms with Gasteiger partial charge >= 0.3 is 18.5 Å². The van der Waals surface area contributed by atoms with Gasteiger partial charge in [-0.15, -0.1) is 25.5 Å². The zero-order valence-corrected chi connectivity index (χ0v) is 70.6. The zero-order chi connectivity index (χ0) is 94.1. The van der Waals surface area contributed by atoms with Crippen LogP contribution in [0, 0.1) is 48.5 Å². The van der Waals surface area contributed by atoms with Crippen LogP contribution in [0.4, 0.5) is 39.5 Å². The number of rotatable bonds is 20. The number of primary amides is 5. The molecule has 0 bridgehead atoms. The van der Waals surface area contributed by atoms with E-state index in [9.17, 15) is 63.5 Å². The van der Waals surface area contributed by atoms with Crippen molar-refractivity contribution in [3.05, 3.63) is 316 Å². The van der Waals surface area contributed by atoms with Gasteiger partial charge in [-0.2, -0.15) is 44.6 Å². The molecule has 0 unspecified atom stereocenters. The van der Waals surface area contributed by atoms with Crippen molar-refractivity contribution < 1.29 is 63.5 Å². The number of amides is 5. The number of carbonyl (C=O) groups excluding carboxylic acids is 5. The lowest BCUT2D eigenvalue weighted by Gasteiger charge is -2.09. The number of aryl methyl sites for hydroxylation is 8. The van der Waals surface area contributed by atoms with Crippen LogP contribution in [0.1, 0.15) is 83.5 Å². The number of carbonyl (C=O) groups is 5. The Morgan fingerprint density at radius 3 is 0.908 bits per heavy atom. The third-order valence-electron chi connectivity index (χ3n) is 18.1. The molecule has 9 heterocycles. The highest BCUT2D eigenvalue weighted by Gasteiger charge is 2.34. The summed E-state index contributed by atoms with van der Waals surface area (Å²) in [5, 5.41) is 25.6. The van der Waals surface area contributed by atoms with Gasteiger partial charge in [0, 0.05) is 126 Å². The number of nitrogens with two attached hydrogens (primary N) is 5. The Balaban J connectivity index is 0.000000157. The van der Waals surface area contributed by atoms with Crippen molar-refractivity contribution in [2.45, 2.75) is 67.0 Å². The molecule has 662 valence electrons. The van der Waals surface area contributed by atoms with Crippen molar-refractivity contribution in [3.8, 4) is 56.9 Å². The Bertz CT molecular complexity index is 6620. The summed E-state index contributed by atoms with van der Waals surface area (Å²) in [5.74, 6) is -1.80. The van der Waals surface area contributed by atoms with E-state index in [1.54, 1.807) is 82.9 Å². The van der Waals surface area contributed by atoms with Crippen LogP contribution in [0.5, 0.6) is 0 Å². The lowest BCUT2D eigenvalue weighted by molar-refractivity contribution is -0.138. The average molecular weight is 1800 g/mol. The SMILES string of the molecule is Cc1cc(-c2ncn(/C=C(/C(N)=O)c3ccncc3)n2)cc(C(F)(F)F)c1.Cc1cc(-c2ncn(/C=C(/C(N)=O)c3cncnc3)n2)cc(C(F)(F)F)c1.Cc1cc(-c2ncn(/C=C(/C(N)=O)c3cnn(C)c3)n2)cc(C(F)(F)F)c1.Cc1cc(C)cc(-c2ncn(/C=C(/C(N)=O)c3ccccc3)n2)c1.Cc1cc(C)cc(-c2ncn(/C=C(/C(N)=O)c3cncc(Cl)c3)n2)c1. The molecule has 0 fully saturated rings. The van der Waals surface area contributed by atoms with E-state index in [1.165, 1.54) is 128 Å². The van der Waals surface area contributed by atoms with Gasteiger partial charge in [-0.05, 0) is 173 Å². The minimum Gasteiger partial charge on any atom is -0.366 e. The predicted molar refractivity (Wildman–Crippen MR) is 467 cm³/mol. The molecule has 130 heavy (non-hydrogen) atoms. The molecule has 10 N–H and O–H groups in total. The van der Waals surface area contributed by atoms with Gasteiger partial charge in [0.25, 0.3) is 29.5 Å². The smallest absolute Gasteiger partial charge is 0.366 e. The quantitative estimate of drug-likeness (QED) is 0.0349. The van der Waals surface area contributed by atoms with Crippen molar-refractivity contribution in [3.63, 3.8) is 0 Å². The highest BCUT2D eigenvalue weighted by Crippen LogP contribution is 2.37. The highest BCUT2D eigenvalue weighted by atomic mass is 35.5. The molecule has 0 aliphatic rings. The summed E-state index contributed by atoms with van der Waals surface area (Å²) in [7, 11) is 1.69. The number of hydrogen-bond donors (Lipinski definition) is 5. The summed E-state index contributed by atoms with van der Waals surface area (Å²) < 4.78 is 125. The molecule has 31 nitrogen and oxygen atoms in total. The summed E-state index contributed by atoms with van der Waals surface area (Å²) in [4.78, 5) is 94.9. The fraction of sp³-hybridized carbons (Fsp3) is 0.124. The Morgan fingerprint density at radius 2 is 0.608 bits per heavy atom. The predicted octanol–water partition coefficient (Wildman–Crippen LogP) is 14.3. The van der Waals surface area contributed by atoms with Gasteiger partial charge in [-0.3, -0.25) is 38.6 Å². The second-order valence-corrected chi connectivity index (χ2v) is 29.2. The van der Waals surface area contributed by atoms with Crippen molar-refractivity contribution in [2.24, 2.45) is 35.7 Å². The van der Waals surface area contributed by atoms with Crippen LogP contribution in [0.15, 0.2) is 227 Å². The van der Waals surface area contributed by atoms with Crippen LogP contribution in [0.2, 0.25) is 5.02 Å². The molecule has 0 aliphatic heterocycles. The van der Waals surface area contributed by atoms with E-state index in [0.29, 0.717) is 61.2 Å². The summed E-state index contributed by atoms with van der Waals surface area (Å²) in [6, 6.07) is 37.0. The number of nitrogens with zero attached hydrogens (tertiary/aromatic N) is 21. The first kappa shape index (κ1) is 94.0. The third kappa shape index (κ3) is 25.8.